The second kappa shape index (κ2) is 7.77. The first-order chi connectivity index (χ1) is 13.0. The minimum absolute atomic E-state index is 0.106. The highest BCUT2D eigenvalue weighted by atomic mass is 19.1. The monoisotopic (exact) mass is 371 g/mol. The summed E-state index contributed by atoms with van der Waals surface area (Å²) in [6.07, 6.45) is 1.53. The number of para-hydroxylation sites is 2. The number of nitrogens with one attached hydrogen (secondary N) is 1. The fourth-order valence-corrected chi connectivity index (χ4v) is 2.41. The van der Waals surface area contributed by atoms with Crippen LogP contribution in [0.15, 0.2) is 54.7 Å². The number of ether oxygens (including phenoxy) is 1. The number of amides is 1. The summed E-state index contributed by atoms with van der Waals surface area (Å²) in [5.74, 6) is -2.94. The van der Waals surface area contributed by atoms with Crippen molar-refractivity contribution in [2.45, 2.75) is 6.92 Å². The molecular weight excluding hydrogens is 356 g/mol. The van der Waals surface area contributed by atoms with Crippen LogP contribution in [-0.2, 0) is 4.74 Å². The Kier molecular flexibility index (Phi) is 5.25. The van der Waals surface area contributed by atoms with Gasteiger partial charge in [-0.25, -0.2) is 18.3 Å². The van der Waals surface area contributed by atoms with Gasteiger partial charge in [-0.3, -0.25) is 4.79 Å². The molecule has 0 atom stereocenters. The Bertz CT molecular complexity index is 1000. The van der Waals surface area contributed by atoms with Gasteiger partial charge in [0.15, 0.2) is 5.69 Å². The maximum absolute atomic E-state index is 13.8. The van der Waals surface area contributed by atoms with E-state index >= 15 is 0 Å². The smallest absolute Gasteiger partial charge is 0.358 e. The molecule has 0 fully saturated rings. The zero-order chi connectivity index (χ0) is 19.4. The SMILES string of the molecule is CCOC(=O)c1ccn(-c2ccccc2NC(=O)c2cc(F)ccc2F)n1. The van der Waals surface area contributed by atoms with Crippen molar-refractivity contribution >= 4 is 17.6 Å². The van der Waals surface area contributed by atoms with Gasteiger partial charge in [-0.15, -0.1) is 0 Å². The van der Waals surface area contributed by atoms with Gasteiger partial charge in [0, 0.05) is 6.20 Å². The summed E-state index contributed by atoms with van der Waals surface area (Å²) >= 11 is 0. The molecule has 0 spiro atoms. The van der Waals surface area contributed by atoms with Gasteiger partial charge in [0.05, 0.1) is 23.5 Å². The highest BCUT2D eigenvalue weighted by Gasteiger charge is 2.16. The van der Waals surface area contributed by atoms with Crippen LogP contribution < -0.4 is 5.32 Å². The van der Waals surface area contributed by atoms with Crippen LogP contribution in [0.5, 0.6) is 0 Å². The standard InChI is InChI=1S/C19H15F2N3O3/c1-2-27-19(26)16-9-10-24(23-16)17-6-4-3-5-15(17)22-18(25)13-11-12(20)7-8-14(13)21/h3-11H,2H2,1H3,(H,22,25). The number of nitrogens with zero attached hydrogens (tertiary/aromatic N) is 2. The molecule has 3 aromatic rings. The van der Waals surface area contributed by atoms with E-state index in [2.05, 4.69) is 10.4 Å². The lowest BCUT2D eigenvalue weighted by Crippen LogP contribution is -2.16. The third kappa shape index (κ3) is 4.00. The topological polar surface area (TPSA) is 73.2 Å². The largest absolute Gasteiger partial charge is 0.461 e. The van der Waals surface area contributed by atoms with E-state index in [-0.39, 0.29) is 12.3 Å². The normalized spacial score (nSPS) is 10.5. The third-order valence-corrected chi connectivity index (χ3v) is 3.65. The zero-order valence-corrected chi connectivity index (χ0v) is 14.3. The Labute approximate surface area is 153 Å². The Morgan fingerprint density at radius 3 is 2.70 bits per heavy atom. The lowest BCUT2D eigenvalue weighted by atomic mass is 10.2. The van der Waals surface area contributed by atoms with Gasteiger partial charge in [-0.1, -0.05) is 12.1 Å². The van der Waals surface area contributed by atoms with E-state index in [4.69, 9.17) is 4.74 Å². The molecule has 0 saturated heterocycles. The van der Waals surface area contributed by atoms with E-state index in [1.54, 1.807) is 31.2 Å². The third-order valence-electron chi connectivity index (χ3n) is 3.65. The molecule has 8 heteroatoms. The minimum Gasteiger partial charge on any atom is -0.461 e. The van der Waals surface area contributed by atoms with Crippen molar-refractivity contribution in [3.8, 4) is 5.69 Å². The van der Waals surface area contributed by atoms with Gasteiger partial charge in [-0.05, 0) is 43.3 Å². The Morgan fingerprint density at radius 1 is 1.15 bits per heavy atom. The van der Waals surface area contributed by atoms with Crippen molar-refractivity contribution in [3.05, 3.63) is 77.6 Å². The van der Waals surface area contributed by atoms with E-state index in [0.717, 1.165) is 18.2 Å². The molecule has 1 aromatic heterocycles. The summed E-state index contributed by atoms with van der Waals surface area (Å²) in [7, 11) is 0. The number of halogens is 2. The summed E-state index contributed by atoms with van der Waals surface area (Å²) < 4.78 is 33.4. The lowest BCUT2D eigenvalue weighted by molar-refractivity contribution is 0.0518. The van der Waals surface area contributed by atoms with Crippen molar-refractivity contribution in [1.82, 2.24) is 9.78 Å². The van der Waals surface area contributed by atoms with E-state index < -0.39 is 29.1 Å². The molecule has 1 heterocycles. The average Bonchev–Trinajstić information content (AvgIpc) is 3.14. The first kappa shape index (κ1) is 18.2. The molecule has 1 amide bonds. The summed E-state index contributed by atoms with van der Waals surface area (Å²) in [5.41, 5.74) is 0.439. The first-order valence-electron chi connectivity index (χ1n) is 8.08. The quantitative estimate of drug-likeness (QED) is 0.696. The fraction of sp³-hybridized carbons (Fsp3) is 0.105. The molecule has 138 valence electrons. The molecule has 0 aliphatic heterocycles. The summed E-state index contributed by atoms with van der Waals surface area (Å²) in [4.78, 5) is 24.1. The highest BCUT2D eigenvalue weighted by molar-refractivity contribution is 6.05. The second-order valence-electron chi connectivity index (χ2n) is 5.46. The molecule has 0 radical (unpaired) electrons. The molecule has 27 heavy (non-hydrogen) atoms. The lowest BCUT2D eigenvalue weighted by Gasteiger charge is -2.11. The molecule has 6 nitrogen and oxygen atoms in total. The van der Waals surface area contributed by atoms with E-state index in [1.807, 2.05) is 0 Å². The van der Waals surface area contributed by atoms with Crippen LogP contribution in [0.1, 0.15) is 27.8 Å². The highest BCUT2D eigenvalue weighted by Crippen LogP contribution is 2.21. The molecule has 0 unspecified atom stereocenters. The van der Waals surface area contributed by atoms with Gasteiger partial charge in [-0.2, -0.15) is 5.10 Å². The van der Waals surface area contributed by atoms with Gasteiger partial charge in [0.2, 0.25) is 0 Å². The number of carbonyl (C=O) groups is 2. The number of hydrogen-bond donors (Lipinski definition) is 1. The molecule has 0 bridgehead atoms. The number of aromatic nitrogens is 2. The van der Waals surface area contributed by atoms with E-state index in [9.17, 15) is 18.4 Å². The van der Waals surface area contributed by atoms with Gasteiger partial charge >= 0.3 is 5.97 Å². The Balaban J connectivity index is 1.90. The van der Waals surface area contributed by atoms with Crippen molar-refractivity contribution in [3.63, 3.8) is 0 Å². The number of carbonyl (C=O) groups excluding carboxylic acids is 2. The number of anilines is 1. The van der Waals surface area contributed by atoms with Crippen LogP contribution in [0.4, 0.5) is 14.5 Å². The van der Waals surface area contributed by atoms with Crippen molar-refractivity contribution in [2.75, 3.05) is 11.9 Å². The molecule has 0 aliphatic rings. The first-order valence-corrected chi connectivity index (χ1v) is 8.08. The van der Waals surface area contributed by atoms with Crippen LogP contribution in [-0.4, -0.2) is 28.3 Å². The molecular formula is C19H15F2N3O3. The number of esters is 1. The van der Waals surface area contributed by atoms with Crippen LogP contribution in [0.25, 0.3) is 5.69 Å². The van der Waals surface area contributed by atoms with Crippen LogP contribution in [0, 0.1) is 11.6 Å². The number of benzene rings is 2. The van der Waals surface area contributed by atoms with Crippen LogP contribution >= 0.6 is 0 Å². The van der Waals surface area contributed by atoms with E-state index in [1.165, 1.54) is 16.9 Å². The molecule has 3 rings (SSSR count). The van der Waals surface area contributed by atoms with Gasteiger partial charge in [0.25, 0.3) is 5.91 Å². The average molecular weight is 371 g/mol. The molecule has 0 aliphatic carbocycles. The van der Waals surface area contributed by atoms with Gasteiger partial charge in [0.1, 0.15) is 11.6 Å². The van der Waals surface area contributed by atoms with Crippen LogP contribution in [0.2, 0.25) is 0 Å². The minimum atomic E-state index is -0.838. The van der Waals surface area contributed by atoms with E-state index in [0.29, 0.717) is 11.4 Å². The Morgan fingerprint density at radius 2 is 1.93 bits per heavy atom. The maximum atomic E-state index is 13.8. The molecule has 0 saturated carbocycles. The predicted molar refractivity (Wildman–Crippen MR) is 93.8 cm³/mol. The summed E-state index contributed by atoms with van der Waals surface area (Å²) in [5, 5.41) is 6.66. The van der Waals surface area contributed by atoms with Crippen LogP contribution in [0.3, 0.4) is 0 Å². The zero-order valence-electron chi connectivity index (χ0n) is 14.3. The number of rotatable bonds is 5. The van der Waals surface area contributed by atoms with Crippen molar-refractivity contribution in [2.24, 2.45) is 0 Å². The second-order valence-corrected chi connectivity index (χ2v) is 5.46. The molecule has 2 aromatic carbocycles. The summed E-state index contributed by atoms with van der Waals surface area (Å²) in [6, 6.07) is 10.7. The van der Waals surface area contributed by atoms with Crippen molar-refractivity contribution < 1.29 is 23.1 Å². The predicted octanol–water partition coefficient (Wildman–Crippen LogP) is 3.58. The fourth-order valence-electron chi connectivity index (χ4n) is 2.41. The number of hydrogen-bond acceptors (Lipinski definition) is 4. The van der Waals surface area contributed by atoms with Gasteiger partial charge < -0.3 is 10.1 Å². The summed E-state index contributed by atoms with van der Waals surface area (Å²) in [6.45, 7) is 1.91. The Hall–Kier alpha value is -3.55. The van der Waals surface area contributed by atoms with Crippen molar-refractivity contribution in [1.29, 1.82) is 0 Å². The molecule has 1 N–H and O–H groups in total. The maximum Gasteiger partial charge on any atom is 0.358 e.